The van der Waals surface area contributed by atoms with E-state index < -0.39 is 0 Å². The Morgan fingerprint density at radius 1 is 1.00 bits per heavy atom. The monoisotopic (exact) mass is 326 g/mol. The lowest BCUT2D eigenvalue weighted by Gasteiger charge is -2.34. The Labute approximate surface area is 141 Å². The number of fused-ring (bicyclic) bond motifs is 2. The summed E-state index contributed by atoms with van der Waals surface area (Å²) in [5.41, 5.74) is 3.95. The zero-order chi connectivity index (χ0) is 15.8. The Kier molecular flexibility index (Phi) is 3.71. The third-order valence-corrected chi connectivity index (χ3v) is 4.76. The molecule has 0 atom stereocenters. The molecular formula is C18H19ClN4. The molecule has 0 spiro atoms. The van der Waals surface area contributed by atoms with Crippen LogP contribution in [0.4, 0.5) is 17.1 Å². The van der Waals surface area contributed by atoms with Crippen LogP contribution in [0.5, 0.6) is 0 Å². The summed E-state index contributed by atoms with van der Waals surface area (Å²) in [4.78, 5) is 9.68. The van der Waals surface area contributed by atoms with Crippen molar-refractivity contribution in [1.82, 2.24) is 9.80 Å². The average molecular weight is 327 g/mol. The first-order chi connectivity index (χ1) is 11.2. The van der Waals surface area contributed by atoms with Crippen LogP contribution in [0.15, 0.2) is 47.5 Å². The van der Waals surface area contributed by atoms with Crippen LogP contribution >= 0.6 is 11.6 Å². The summed E-state index contributed by atoms with van der Waals surface area (Å²) in [7, 11) is 2.16. The van der Waals surface area contributed by atoms with Gasteiger partial charge in [0.1, 0.15) is 5.84 Å². The summed E-state index contributed by atoms with van der Waals surface area (Å²) in [6.07, 6.45) is 0. The molecule has 4 nitrogen and oxygen atoms in total. The van der Waals surface area contributed by atoms with Crippen molar-refractivity contribution in [3.05, 3.63) is 53.1 Å². The van der Waals surface area contributed by atoms with Crippen molar-refractivity contribution in [2.75, 3.05) is 38.5 Å². The molecule has 23 heavy (non-hydrogen) atoms. The second kappa shape index (κ2) is 5.87. The predicted octanol–water partition coefficient (Wildman–Crippen LogP) is 3.72. The van der Waals surface area contributed by atoms with Gasteiger partial charge in [0.15, 0.2) is 0 Å². The molecule has 5 heteroatoms. The highest BCUT2D eigenvalue weighted by Crippen LogP contribution is 2.38. The van der Waals surface area contributed by atoms with Gasteiger partial charge in [0.2, 0.25) is 0 Å². The van der Waals surface area contributed by atoms with Gasteiger partial charge < -0.3 is 15.1 Å². The number of hydrogen-bond acceptors (Lipinski definition) is 4. The normalized spacial score (nSPS) is 17.7. The molecule has 0 aromatic heterocycles. The number of para-hydroxylation sites is 3. The van der Waals surface area contributed by atoms with Crippen LogP contribution < -0.4 is 5.32 Å². The standard InChI is InChI=1S/C18H19ClN4/c1-22-9-11-23(12-10-22)18-13-5-4-6-14(19)17(13)20-15-7-2-3-8-16(15)21-18/h2-8,20H,9-12H2,1H3. The van der Waals surface area contributed by atoms with Gasteiger partial charge in [0.05, 0.1) is 22.1 Å². The molecule has 1 fully saturated rings. The predicted molar refractivity (Wildman–Crippen MR) is 96.4 cm³/mol. The van der Waals surface area contributed by atoms with E-state index in [-0.39, 0.29) is 0 Å². The van der Waals surface area contributed by atoms with E-state index in [1.807, 2.05) is 36.4 Å². The molecule has 0 amide bonds. The Morgan fingerprint density at radius 2 is 1.78 bits per heavy atom. The number of nitrogens with one attached hydrogen (secondary N) is 1. The second-order valence-corrected chi connectivity index (χ2v) is 6.44. The number of hydrogen-bond donors (Lipinski definition) is 1. The van der Waals surface area contributed by atoms with Crippen LogP contribution in [-0.2, 0) is 0 Å². The van der Waals surface area contributed by atoms with Crippen LogP contribution in [0.1, 0.15) is 5.56 Å². The minimum atomic E-state index is 0.723. The maximum atomic E-state index is 6.46. The maximum Gasteiger partial charge on any atom is 0.138 e. The largest absolute Gasteiger partial charge is 0.353 e. The number of amidine groups is 1. The van der Waals surface area contributed by atoms with E-state index in [0.717, 1.165) is 59.7 Å². The topological polar surface area (TPSA) is 30.9 Å². The number of aliphatic imine (C=N–C) groups is 1. The molecule has 1 saturated heterocycles. The lowest BCUT2D eigenvalue weighted by Crippen LogP contribution is -2.47. The molecule has 0 aliphatic carbocycles. The molecule has 118 valence electrons. The van der Waals surface area contributed by atoms with Crippen LogP contribution in [0, 0.1) is 0 Å². The van der Waals surface area contributed by atoms with Crippen molar-refractivity contribution >= 4 is 34.5 Å². The van der Waals surface area contributed by atoms with Crippen molar-refractivity contribution in [2.45, 2.75) is 0 Å². The van der Waals surface area contributed by atoms with Gasteiger partial charge in [-0.15, -0.1) is 0 Å². The lowest BCUT2D eigenvalue weighted by atomic mass is 10.1. The zero-order valence-electron chi connectivity index (χ0n) is 13.1. The number of benzene rings is 2. The second-order valence-electron chi connectivity index (χ2n) is 6.03. The van der Waals surface area contributed by atoms with Crippen molar-refractivity contribution in [3.63, 3.8) is 0 Å². The van der Waals surface area contributed by atoms with Gasteiger partial charge in [-0.1, -0.05) is 29.8 Å². The van der Waals surface area contributed by atoms with Crippen molar-refractivity contribution in [2.24, 2.45) is 4.99 Å². The first-order valence-corrected chi connectivity index (χ1v) is 8.27. The molecule has 2 heterocycles. The highest BCUT2D eigenvalue weighted by molar-refractivity contribution is 6.34. The van der Waals surface area contributed by atoms with Crippen LogP contribution in [0.3, 0.4) is 0 Å². The molecule has 0 saturated carbocycles. The molecule has 2 aliphatic heterocycles. The molecule has 0 radical (unpaired) electrons. The first kappa shape index (κ1) is 14.5. The van der Waals surface area contributed by atoms with Gasteiger partial charge in [-0.05, 0) is 31.3 Å². The van der Waals surface area contributed by atoms with E-state index in [2.05, 4.69) is 28.2 Å². The van der Waals surface area contributed by atoms with E-state index in [4.69, 9.17) is 16.6 Å². The lowest BCUT2D eigenvalue weighted by molar-refractivity contribution is 0.216. The fourth-order valence-corrected chi connectivity index (χ4v) is 3.30. The summed E-state index contributed by atoms with van der Waals surface area (Å²) >= 11 is 6.46. The SMILES string of the molecule is CN1CCN(C2=Nc3ccccc3Nc3c(Cl)cccc32)CC1. The number of anilines is 2. The zero-order valence-corrected chi connectivity index (χ0v) is 13.8. The van der Waals surface area contributed by atoms with Crippen LogP contribution in [0.25, 0.3) is 0 Å². The van der Waals surface area contributed by atoms with Crippen LogP contribution in [0.2, 0.25) is 5.02 Å². The van der Waals surface area contributed by atoms with Gasteiger partial charge in [0.25, 0.3) is 0 Å². The number of likely N-dealkylation sites (N-methyl/N-ethyl adjacent to an activating group) is 1. The smallest absolute Gasteiger partial charge is 0.138 e. The fourth-order valence-electron chi connectivity index (χ4n) is 3.08. The van der Waals surface area contributed by atoms with Crippen molar-refractivity contribution < 1.29 is 0 Å². The minimum Gasteiger partial charge on any atom is -0.353 e. The molecule has 0 bridgehead atoms. The number of nitrogens with zero attached hydrogens (tertiary/aromatic N) is 3. The summed E-state index contributed by atoms with van der Waals surface area (Å²) in [5.74, 6) is 1.01. The minimum absolute atomic E-state index is 0.723. The van der Waals surface area contributed by atoms with E-state index in [0.29, 0.717) is 0 Å². The summed E-state index contributed by atoms with van der Waals surface area (Å²) in [6.45, 7) is 4.04. The molecule has 2 aromatic carbocycles. The average Bonchev–Trinajstić information content (AvgIpc) is 2.73. The third kappa shape index (κ3) is 2.69. The van der Waals surface area contributed by atoms with E-state index >= 15 is 0 Å². The first-order valence-electron chi connectivity index (χ1n) is 7.89. The summed E-state index contributed by atoms with van der Waals surface area (Å²) in [6, 6.07) is 14.1. The maximum absolute atomic E-state index is 6.46. The van der Waals surface area contributed by atoms with E-state index in [1.165, 1.54) is 0 Å². The summed E-state index contributed by atoms with van der Waals surface area (Å²) < 4.78 is 0. The van der Waals surface area contributed by atoms with E-state index in [1.54, 1.807) is 0 Å². The quantitative estimate of drug-likeness (QED) is 0.800. The molecule has 4 rings (SSSR count). The number of rotatable bonds is 0. The highest BCUT2D eigenvalue weighted by Gasteiger charge is 2.24. The van der Waals surface area contributed by atoms with Crippen molar-refractivity contribution in [1.29, 1.82) is 0 Å². The third-order valence-electron chi connectivity index (χ3n) is 4.45. The van der Waals surface area contributed by atoms with E-state index in [9.17, 15) is 0 Å². The van der Waals surface area contributed by atoms with Crippen molar-refractivity contribution in [3.8, 4) is 0 Å². The number of halogens is 1. The Balaban J connectivity index is 1.85. The Hall–Kier alpha value is -2.04. The van der Waals surface area contributed by atoms with Gasteiger partial charge in [-0.3, -0.25) is 0 Å². The molecular weight excluding hydrogens is 308 g/mol. The molecule has 2 aromatic rings. The molecule has 2 aliphatic rings. The Bertz CT molecular complexity index is 763. The fraction of sp³-hybridized carbons (Fsp3) is 0.278. The Morgan fingerprint density at radius 3 is 2.61 bits per heavy atom. The molecule has 0 unspecified atom stereocenters. The molecule has 1 N–H and O–H groups in total. The van der Waals surface area contributed by atoms with Gasteiger partial charge >= 0.3 is 0 Å². The highest BCUT2D eigenvalue weighted by atomic mass is 35.5. The summed E-state index contributed by atoms with van der Waals surface area (Å²) in [5, 5.41) is 4.19. The van der Waals surface area contributed by atoms with Gasteiger partial charge in [-0.2, -0.15) is 0 Å². The van der Waals surface area contributed by atoms with Gasteiger partial charge in [-0.25, -0.2) is 4.99 Å². The number of piperazine rings is 1. The van der Waals surface area contributed by atoms with Crippen LogP contribution in [-0.4, -0.2) is 48.9 Å². The van der Waals surface area contributed by atoms with Gasteiger partial charge in [0, 0.05) is 31.7 Å².